The molecule has 0 aliphatic carbocycles. The standard InChI is InChI=1S/C10H11ClN2/c1-2-10(13)8-4-3-7(6-12)5-9(8)11/h3-5,10H,2,13H2,1H3. The number of hydrogen-bond acceptors (Lipinski definition) is 2. The Morgan fingerprint density at radius 1 is 1.62 bits per heavy atom. The third-order valence-corrected chi connectivity index (χ3v) is 2.30. The Morgan fingerprint density at radius 2 is 2.31 bits per heavy atom. The van der Waals surface area contributed by atoms with Crippen LogP contribution in [0.5, 0.6) is 0 Å². The predicted octanol–water partition coefficient (Wildman–Crippen LogP) is 2.62. The summed E-state index contributed by atoms with van der Waals surface area (Å²) in [6.07, 6.45) is 0.839. The van der Waals surface area contributed by atoms with Crippen molar-refractivity contribution in [2.45, 2.75) is 19.4 Å². The van der Waals surface area contributed by atoms with Crippen molar-refractivity contribution in [3.05, 3.63) is 34.3 Å². The van der Waals surface area contributed by atoms with Crippen LogP contribution in [0.15, 0.2) is 18.2 Å². The zero-order chi connectivity index (χ0) is 9.84. The van der Waals surface area contributed by atoms with Crippen molar-refractivity contribution in [3.8, 4) is 6.07 Å². The summed E-state index contributed by atoms with van der Waals surface area (Å²) in [5, 5.41) is 9.19. The summed E-state index contributed by atoms with van der Waals surface area (Å²) in [5.41, 5.74) is 7.29. The molecule has 2 nitrogen and oxygen atoms in total. The topological polar surface area (TPSA) is 49.8 Å². The molecular formula is C10H11ClN2. The quantitative estimate of drug-likeness (QED) is 0.787. The van der Waals surface area contributed by atoms with E-state index in [1.165, 1.54) is 0 Å². The Balaban J connectivity index is 3.07. The maximum absolute atomic E-state index is 8.61. The molecule has 1 rings (SSSR count). The molecular weight excluding hydrogens is 184 g/mol. The lowest BCUT2D eigenvalue weighted by molar-refractivity contribution is 0.699. The summed E-state index contributed by atoms with van der Waals surface area (Å²) in [6, 6.07) is 7.18. The first-order valence-electron chi connectivity index (χ1n) is 4.14. The molecule has 0 aliphatic heterocycles. The van der Waals surface area contributed by atoms with Gasteiger partial charge in [0.2, 0.25) is 0 Å². The molecule has 13 heavy (non-hydrogen) atoms. The third-order valence-electron chi connectivity index (χ3n) is 1.97. The number of nitrogens with zero attached hydrogens (tertiary/aromatic N) is 1. The minimum absolute atomic E-state index is 0.0414. The molecule has 68 valence electrons. The molecule has 0 fully saturated rings. The van der Waals surface area contributed by atoms with Crippen LogP contribution in [0, 0.1) is 11.3 Å². The van der Waals surface area contributed by atoms with Crippen molar-refractivity contribution in [1.29, 1.82) is 5.26 Å². The molecule has 0 bridgehead atoms. The Bertz CT molecular complexity index is 341. The van der Waals surface area contributed by atoms with Gasteiger partial charge in [-0.1, -0.05) is 24.6 Å². The van der Waals surface area contributed by atoms with Crippen LogP contribution in [0.4, 0.5) is 0 Å². The second kappa shape index (κ2) is 4.27. The fraction of sp³-hybridized carbons (Fsp3) is 0.300. The SMILES string of the molecule is CCC(N)c1ccc(C#N)cc1Cl. The van der Waals surface area contributed by atoms with E-state index >= 15 is 0 Å². The van der Waals surface area contributed by atoms with Gasteiger partial charge in [0.1, 0.15) is 0 Å². The van der Waals surface area contributed by atoms with Crippen LogP contribution in [-0.2, 0) is 0 Å². The largest absolute Gasteiger partial charge is 0.324 e. The third kappa shape index (κ3) is 2.21. The van der Waals surface area contributed by atoms with Crippen LogP contribution < -0.4 is 5.73 Å². The molecule has 0 radical (unpaired) electrons. The number of nitriles is 1. The summed E-state index contributed by atoms with van der Waals surface area (Å²) in [6.45, 7) is 2.00. The van der Waals surface area contributed by atoms with E-state index in [4.69, 9.17) is 22.6 Å². The molecule has 0 saturated heterocycles. The monoisotopic (exact) mass is 194 g/mol. The minimum atomic E-state index is -0.0414. The van der Waals surface area contributed by atoms with E-state index in [-0.39, 0.29) is 6.04 Å². The number of nitrogens with two attached hydrogens (primary N) is 1. The number of rotatable bonds is 2. The van der Waals surface area contributed by atoms with Gasteiger partial charge in [0.25, 0.3) is 0 Å². The van der Waals surface area contributed by atoms with Crippen molar-refractivity contribution < 1.29 is 0 Å². The second-order valence-electron chi connectivity index (χ2n) is 2.86. The summed E-state index contributed by atoms with van der Waals surface area (Å²) in [7, 11) is 0. The lowest BCUT2D eigenvalue weighted by Gasteiger charge is -2.10. The maximum atomic E-state index is 8.61. The number of hydrogen-bond donors (Lipinski definition) is 1. The van der Waals surface area contributed by atoms with Gasteiger partial charge in [-0.3, -0.25) is 0 Å². The fourth-order valence-corrected chi connectivity index (χ4v) is 1.44. The smallest absolute Gasteiger partial charge is 0.0992 e. The molecule has 0 spiro atoms. The summed E-state index contributed by atoms with van der Waals surface area (Å²) in [4.78, 5) is 0. The highest BCUT2D eigenvalue weighted by Gasteiger charge is 2.07. The maximum Gasteiger partial charge on any atom is 0.0992 e. The van der Waals surface area contributed by atoms with Gasteiger partial charge < -0.3 is 5.73 Å². The molecule has 0 heterocycles. The van der Waals surface area contributed by atoms with Crippen LogP contribution in [0.3, 0.4) is 0 Å². The highest BCUT2D eigenvalue weighted by atomic mass is 35.5. The lowest BCUT2D eigenvalue weighted by Crippen LogP contribution is -2.09. The van der Waals surface area contributed by atoms with Crippen molar-refractivity contribution in [3.63, 3.8) is 0 Å². The van der Waals surface area contributed by atoms with Gasteiger partial charge in [-0.15, -0.1) is 0 Å². The van der Waals surface area contributed by atoms with Crippen LogP contribution in [-0.4, -0.2) is 0 Å². The predicted molar refractivity (Wildman–Crippen MR) is 53.4 cm³/mol. The molecule has 1 unspecified atom stereocenters. The second-order valence-corrected chi connectivity index (χ2v) is 3.27. The first kappa shape index (κ1) is 10.0. The zero-order valence-electron chi connectivity index (χ0n) is 7.42. The molecule has 3 heteroatoms. The minimum Gasteiger partial charge on any atom is -0.324 e. The molecule has 0 amide bonds. The molecule has 2 N–H and O–H groups in total. The molecule has 0 saturated carbocycles. The first-order chi connectivity index (χ1) is 6.19. The van der Waals surface area contributed by atoms with Gasteiger partial charge in [0.15, 0.2) is 0 Å². The average Bonchev–Trinajstić information content (AvgIpc) is 2.16. The first-order valence-corrected chi connectivity index (χ1v) is 4.52. The summed E-state index contributed by atoms with van der Waals surface area (Å²) < 4.78 is 0. The zero-order valence-corrected chi connectivity index (χ0v) is 8.17. The molecule has 1 atom stereocenters. The fourth-order valence-electron chi connectivity index (χ4n) is 1.12. The van der Waals surface area contributed by atoms with Gasteiger partial charge in [-0.05, 0) is 24.1 Å². The number of halogens is 1. The van der Waals surface area contributed by atoms with E-state index in [1.807, 2.05) is 19.1 Å². The van der Waals surface area contributed by atoms with E-state index in [0.29, 0.717) is 10.6 Å². The highest BCUT2D eigenvalue weighted by Crippen LogP contribution is 2.24. The van der Waals surface area contributed by atoms with E-state index < -0.39 is 0 Å². The summed E-state index contributed by atoms with van der Waals surface area (Å²) >= 11 is 5.95. The normalized spacial score (nSPS) is 12.2. The van der Waals surface area contributed by atoms with E-state index in [2.05, 4.69) is 0 Å². The highest BCUT2D eigenvalue weighted by molar-refractivity contribution is 6.31. The Hall–Kier alpha value is -1.04. The van der Waals surface area contributed by atoms with E-state index in [0.717, 1.165) is 12.0 Å². The van der Waals surface area contributed by atoms with Crippen molar-refractivity contribution in [1.82, 2.24) is 0 Å². The Labute approximate surface area is 82.9 Å². The molecule has 0 aromatic heterocycles. The van der Waals surface area contributed by atoms with Gasteiger partial charge in [0.05, 0.1) is 11.6 Å². The van der Waals surface area contributed by atoms with E-state index in [1.54, 1.807) is 12.1 Å². The van der Waals surface area contributed by atoms with Crippen molar-refractivity contribution in [2.24, 2.45) is 5.73 Å². The van der Waals surface area contributed by atoms with E-state index in [9.17, 15) is 0 Å². The van der Waals surface area contributed by atoms with Crippen molar-refractivity contribution in [2.75, 3.05) is 0 Å². The van der Waals surface area contributed by atoms with Crippen LogP contribution in [0.2, 0.25) is 5.02 Å². The van der Waals surface area contributed by atoms with Gasteiger partial charge >= 0.3 is 0 Å². The molecule has 1 aromatic rings. The van der Waals surface area contributed by atoms with Crippen LogP contribution in [0.25, 0.3) is 0 Å². The molecule has 0 aliphatic rings. The van der Waals surface area contributed by atoms with Crippen LogP contribution in [0.1, 0.15) is 30.5 Å². The number of benzene rings is 1. The molecule has 1 aromatic carbocycles. The van der Waals surface area contributed by atoms with Gasteiger partial charge in [-0.2, -0.15) is 5.26 Å². The van der Waals surface area contributed by atoms with Gasteiger partial charge in [-0.25, -0.2) is 0 Å². The van der Waals surface area contributed by atoms with Gasteiger partial charge in [0, 0.05) is 11.1 Å². The summed E-state index contributed by atoms with van der Waals surface area (Å²) in [5.74, 6) is 0. The van der Waals surface area contributed by atoms with Crippen LogP contribution >= 0.6 is 11.6 Å². The van der Waals surface area contributed by atoms with Crippen molar-refractivity contribution >= 4 is 11.6 Å². The lowest BCUT2D eigenvalue weighted by atomic mass is 10.0. The Kier molecular flexibility index (Phi) is 3.30. The average molecular weight is 195 g/mol. The Morgan fingerprint density at radius 3 is 2.77 bits per heavy atom.